The minimum atomic E-state index is -0.377. The number of carbonyl (C=O) groups excluding carboxylic acids is 1. The molecule has 1 aliphatic rings. The van der Waals surface area contributed by atoms with Crippen LogP contribution in [0.2, 0.25) is 0 Å². The second-order valence-corrected chi connectivity index (χ2v) is 5.75. The maximum atomic E-state index is 12.2. The fourth-order valence-corrected chi connectivity index (χ4v) is 2.53. The number of carbonyl (C=O) groups is 1. The number of amides is 1. The summed E-state index contributed by atoms with van der Waals surface area (Å²) in [4.78, 5) is 14.1. The molecular weight excluding hydrogens is 228 g/mol. The van der Waals surface area contributed by atoms with Gasteiger partial charge in [-0.25, -0.2) is 0 Å². The first-order valence-electron chi connectivity index (χ1n) is 7.15. The first kappa shape index (κ1) is 15.4. The highest BCUT2D eigenvalue weighted by molar-refractivity contribution is 5.82. The lowest BCUT2D eigenvalue weighted by atomic mass is 9.77. The normalized spacial score (nSPS) is 22.6. The molecule has 2 atom stereocenters. The third-order valence-electron chi connectivity index (χ3n) is 4.76. The molecule has 0 bridgehead atoms. The van der Waals surface area contributed by atoms with Gasteiger partial charge >= 0.3 is 0 Å². The Morgan fingerprint density at radius 2 is 1.94 bits per heavy atom. The molecule has 1 heterocycles. The molecule has 2 unspecified atom stereocenters. The SMILES string of the molecule is CCC(C)C(N)C(=O)N1CCC(CC)(CO)CC1. The van der Waals surface area contributed by atoms with E-state index >= 15 is 0 Å². The van der Waals surface area contributed by atoms with Crippen molar-refractivity contribution in [2.45, 2.75) is 52.5 Å². The van der Waals surface area contributed by atoms with Crippen molar-refractivity contribution in [3.05, 3.63) is 0 Å². The van der Waals surface area contributed by atoms with Crippen molar-refractivity contribution in [3.8, 4) is 0 Å². The number of hydrogen-bond acceptors (Lipinski definition) is 3. The van der Waals surface area contributed by atoms with E-state index < -0.39 is 0 Å². The van der Waals surface area contributed by atoms with Gasteiger partial charge in [0, 0.05) is 19.7 Å². The van der Waals surface area contributed by atoms with Crippen molar-refractivity contribution in [2.75, 3.05) is 19.7 Å². The number of hydrogen-bond donors (Lipinski definition) is 2. The highest BCUT2D eigenvalue weighted by Crippen LogP contribution is 2.34. The van der Waals surface area contributed by atoms with E-state index in [9.17, 15) is 9.90 Å². The second-order valence-electron chi connectivity index (χ2n) is 5.75. The zero-order chi connectivity index (χ0) is 13.8. The van der Waals surface area contributed by atoms with Gasteiger partial charge in [-0.1, -0.05) is 27.2 Å². The van der Waals surface area contributed by atoms with Crippen LogP contribution in [0.25, 0.3) is 0 Å². The average molecular weight is 256 g/mol. The maximum absolute atomic E-state index is 12.2. The Morgan fingerprint density at radius 1 is 1.39 bits per heavy atom. The molecule has 4 nitrogen and oxygen atoms in total. The third-order valence-corrected chi connectivity index (χ3v) is 4.76. The third kappa shape index (κ3) is 3.23. The molecular formula is C14H28N2O2. The molecule has 0 aromatic carbocycles. The topological polar surface area (TPSA) is 66.6 Å². The molecule has 1 rings (SSSR count). The Hall–Kier alpha value is -0.610. The van der Waals surface area contributed by atoms with Gasteiger partial charge in [-0.3, -0.25) is 4.79 Å². The number of rotatable bonds is 5. The Bertz CT molecular complexity index is 267. The summed E-state index contributed by atoms with van der Waals surface area (Å²) in [5, 5.41) is 9.47. The van der Waals surface area contributed by atoms with Crippen LogP contribution < -0.4 is 5.73 Å². The summed E-state index contributed by atoms with van der Waals surface area (Å²) >= 11 is 0. The number of aliphatic hydroxyl groups excluding tert-OH is 1. The summed E-state index contributed by atoms with van der Waals surface area (Å²) in [6.45, 7) is 7.88. The Kier molecular flexibility index (Phi) is 5.60. The quantitative estimate of drug-likeness (QED) is 0.781. The van der Waals surface area contributed by atoms with Gasteiger partial charge in [-0.15, -0.1) is 0 Å². The Labute approximate surface area is 111 Å². The summed E-state index contributed by atoms with van der Waals surface area (Å²) in [6, 6.07) is -0.377. The molecule has 1 fully saturated rings. The van der Waals surface area contributed by atoms with Gasteiger partial charge in [-0.05, 0) is 30.6 Å². The van der Waals surface area contributed by atoms with Crippen molar-refractivity contribution in [1.82, 2.24) is 4.90 Å². The molecule has 0 radical (unpaired) electrons. The van der Waals surface area contributed by atoms with Crippen LogP contribution in [0.4, 0.5) is 0 Å². The number of likely N-dealkylation sites (tertiary alicyclic amines) is 1. The van der Waals surface area contributed by atoms with Gasteiger partial charge in [-0.2, -0.15) is 0 Å². The van der Waals surface area contributed by atoms with E-state index in [2.05, 4.69) is 13.8 Å². The second kappa shape index (κ2) is 6.53. The summed E-state index contributed by atoms with van der Waals surface area (Å²) in [5.41, 5.74) is 6.02. The fraction of sp³-hybridized carbons (Fsp3) is 0.929. The number of aliphatic hydroxyl groups is 1. The first-order valence-corrected chi connectivity index (χ1v) is 7.15. The Morgan fingerprint density at radius 3 is 2.33 bits per heavy atom. The molecule has 0 aromatic heterocycles. The molecule has 3 N–H and O–H groups in total. The molecule has 1 amide bonds. The van der Waals surface area contributed by atoms with Gasteiger partial charge in [0.2, 0.25) is 5.91 Å². The standard InChI is InChI=1S/C14H28N2O2/c1-4-11(3)12(15)13(18)16-8-6-14(5-2,10-17)7-9-16/h11-12,17H,4-10,15H2,1-3H3. The van der Waals surface area contributed by atoms with Crippen molar-refractivity contribution in [2.24, 2.45) is 17.1 Å². The summed E-state index contributed by atoms with van der Waals surface area (Å²) < 4.78 is 0. The predicted molar refractivity (Wildman–Crippen MR) is 73.1 cm³/mol. The molecule has 0 aliphatic carbocycles. The zero-order valence-electron chi connectivity index (χ0n) is 12.0. The molecule has 1 aliphatic heterocycles. The lowest BCUT2D eigenvalue weighted by molar-refractivity contribution is -0.136. The minimum Gasteiger partial charge on any atom is -0.396 e. The van der Waals surface area contributed by atoms with Gasteiger partial charge in [0.25, 0.3) is 0 Å². The summed E-state index contributed by atoms with van der Waals surface area (Å²) in [7, 11) is 0. The average Bonchev–Trinajstić information content (AvgIpc) is 2.44. The van der Waals surface area contributed by atoms with E-state index in [1.807, 2.05) is 11.8 Å². The number of nitrogens with two attached hydrogens (primary N) is 1. The minimum absolute atomic E-state index is 0.0250. The van der Waals surface area contributed by atoms with E-state index in [0.29, 0.717) is 0 Å². The van der Waals surface area contributed by atoms with E-state index in [1.165, 1.54) is 0 Å². The number of piperidine rings is 1. The smallest absolute Gasteiger partial charge is 0.239 e. The van der Waals surface area contributed by atoms with Gasteiger partial charge in [0.15, 0.2) is 0 Å². The summed E-state index contributed by atoms with van der Waals surface area (Å²) in [6.07, 6.45) is 3.68. The number of nitrogens with zero attached hydrogens (tertiary/aromatic N) is 1. The van der Waals surface area contributed by atoms with Crippen LogP contribution >= 0.6 is 0 Å². The van der Waals surface area contributed by atoms with Crippen LogP contribution in [-0.4, -0.2) is 41.7 Å². The molecule has 18 heavy (non-hydrogen) atoms. The van der Waals surface area contributed by atoms with Crippen LogP contribution in [-0.2, 0) is 4.79 Å². The maximum Gasteiger partial charge on any atom is 0.239 e. The highest BCUT2D eigenvalue weighted by Gasteiger charge is 2.35. The molecule has 0 spiro atoms. The van der Waals surface area contributed by atoms with E-state index in [0.717, 1.165) is 38.8 Å². The van der Waals surface area contributed by atoms with E-state index in [4.69, 9.17) is 5.73 Å². The van der Waals surface area contributed by atoms with Crippen molar-refractivity contribution in [1.29, 1.82) is 0 Å². The molecule has 0 aromatic rings. The van der Waals surface area contributed by atoms with Crippen molar-refractivity contribution in [3.63, 3.8) is 0 Å². The van der Waals surface area contributed by atoms with E-state index in [-0.39, 0.29) is 29.9 Å². The van der Waals surface area contributed by atoms with Crippen LogP contribution in [0.3, 0.4) is 0 Å². The molecule has 1 saturated heterocycles. The zero-order valence-corrected chi connectivity index (χ0v) is 12.0. The van der Waals surface area contributed by atoms with Gasteiger partial charge < -0.3 is 15.7 Å². The van der Waals surface area contributed by atoms with E-state index in [1.54, 1.807) is 0 Å². The monoisotopic (exact) mass is 256 g/mol. The Balaban J connectivity index is 2.55. The predicted octanol–water partition coefficient (Wildman–Crippen LogP) is 1.37. The molecule has 106 valence electrons. The van der Waals surface area contributed by atoms with Crippen LogP contribution in [0.5, 0.6) is 0 Å². The largest absolute Gasteiger partial charge is 0.396 e. The summed E-state index contributed by atoms with van der Waals surface area (Å²) in [5.74, 6) is 0.306. The fourth-order valence-electron chi connectivity index (χ4n) is 2.53. The van der Waals surface area contributed by atoms with Crippen LogP contribution in [0.15, 0.2) is 0 Å². The van der Waals surface area contributed by atoms with Crippen LogP contribution in [0, 0.1) is 11.3 Å². The van der Waals surface area contributed by atoms with Crippen molar-refractivity contribution < 1.29 is 9.90 Å². The van der Waals surface area contributed by atoms with Gasteiger partial charge in [0.05, 0.1) is 6.04 Å². The highest BCUT2D eigenvalue weighted by atomic mass is 16.3. The molecule has 4 heteroatoms. The lowest BCUT2D eigenvalue weighted by Gasteiger charge is -2.41. The first-order chi connectivity index (χ1) is 8.49. The molecule has 0 saturated carbocycles. The van der Waals surface area contributed by atoms with Crippen molar-refractivity contribution >= 4 is 5.91 Å². The van der Waals surface area contributed by atoms with Gasteiger partial charge in [0.1, 0.15) is 0 Å². The lowest BCUT2D eigenvalue weighted by Crippen LogP contribution is -2.51. The van der Waals surface area contributed by atoms with Crippen LogP contribution in [0.1, 0.15) is 46.5 Å².